The van der Waals surface area contributed by atoms with E-state index in [4.69, 9.17) is 18.1 Å². The molecule has 0 spiro atoms. The highest BCUT2D eigenvalue weighted by atomic mass is 16.3. The number of aromatic nitrogens is 4. The monoisotopic (exact) mass is 690 g/mol. The van der Waals surface area contributed by atoms with E-state index >= 15 is 0 Å². The standard InChI is InChI=1S/C48H32N4O/c1-48(2)39-19-11-9-17-33(39)36-24-25-37-34-18-10-12-20-40(34)52(44(37)43(36)48)32-22-26-41-38(28-32)35-23-21-31(27-42(35)53-41)47-50-45(29-13-5-3-6-14-29)49-46(51-47)30-15-7-4-8-16-30/h3-28H,1-2H3/i3D,4D,5D,6D,7D,8D,13D,14D,15D,16D. The van der Waals surface area contributed by atoms with Crippen LogP contribution in [0.1, 0.15) is 38.7 Å². The molecule has 5 nitrogen and oxygen atoms in total. The molecule has 3 aromatic heterocycles. The average molecular weight is 691 g/mol. The van der Waals surface area contributed by atoms with Crippen molar-refractivity contribution in [3.8, 4) is 51.0 Å². The summed E-state index contributed by atoms with van der Waals surface area (Å²) < 4.78 is 93.0. The molecule has 0 amide bonds. The predicted molar refractivity (Wildman–Crippen MR) is 215 cm³/mol. The van der Waals surface area contributed by atoms with E-state index in [1.807, 2.05) is 12.1 Å². The molecule has 0 N–H and O–H groups in total. The lowest BCUT2D eigenvalue weighted by molar-refractivity contribution is 0.663. The molecule has 0 unspecified atom stereocenters. The number of nitrogens with zero attached hydrogens (tertiary/aromatic N) is 4. The highest BCUT2D eigenvalue weighted by Crippen LogP contribution is 2.53. The molecule has 10 aromatic rings. The Morgan fingerprint density at radius 1 is 0.547 bits per heavy atom. The number of furan rings is 1. The molecule has 3 heterocycles. The molecule has 53 heavy (non-hydrogen) atoms. The summed E-state index contributed by atoms with van der Waals surface area (Å²) in [6, 6.07) is 27.0. The van der Waals surface area contributed by atoms with Crippen molar-refractivity contribution in [1.82, 2.24) is 19.5 Å². The Morgan fingerprint density at radius 3 is 1.96 bits per heavy atom. The minimum Gasteiger partial charge on any atom is -0.456 e. The van der Waals surface area contributed by atoms with Gasteiger partial charge in [-0.05, 0) is 58.7 Å². The fraction of sp³-hybridized carbons (Fsp3) is 0.0625. The summed E-state index contributed by atoms with van der Waals surface area (Å²) in [6.07, 6.45) is 0. The SMILES string of the molecule is [2H]c1c([2H])c([2H])c(-c2nc(-c3ccc4c(c3)oc3ccc(-n5c6ccccc6c6ccc7c(c65)C(C)(C)c5ccccc5-7)cc34)nc(-c3c([2H])c([2H])c([2H])c([2H])c3[2H])n2)c([2H])c1[2H]. The summed E-state index contributed by atoms with van der Waals surface area (Å²) in [5, 5.41) is 3.95. The van der Waals surface area contributed by atoms with Crippen LogP contribution >= 0.6 is 0 Å². The van der Waals surface area contributed by atoms with Crippen LogP contribution in [-0.2, 0) is 5.41 Å². The van der Waals surface area contributed by atoms with Crippen molar-refractivity contribution in [2.24, 2.45) is 0 Å². The van der Waals surface area contributed by atoms with Crippen LogP contribution in [0.15, 0.2) is 162 Å². The summed E-state index contributed by atoms with van der Waals surface area (Å²) in [7, 11) is 0. The molecule has 0 radical (unpaired) electrons. The average Bonchev–Trinajstić information content (AvgIpc) is 3.90. The van der Waals surface area contributed by atoms with E-state index in [2.05, 4.69) is 106 Å². The van der Waals surface area contributed by atoms with E-state index < -0.39 is 60.4 Å². The van der Waals surface area contributed by atoms with E-state index in [0.717, 1.165) is 38.3 Å². The molecule has 5 heteroatoms. The Morgan fingerprint density at radius 2 is 1.21 bits per heavy atom. The van der Waals surface area contributed by atoms with Crippen LogP contribution in [0.3, 0.4) is 0 Å². The van der Waals surface area contributed by atoms with E-state index in [-0.39, 0.29) is 34.0 Å². The highest BCUT2D eigenvalue weighted by molar-refractivity contribution is 6.14. The van der Waals surface area contributed by atoms with Crippen LogP contribution in [0.5, 0.6) is 0 Å². The first kappa shape index (κ1) is 21.5. The van der Waals surface area contributed by atoms with Crippen molar-refractivity contribution >= 4 is 43.7 Å². The second-order valence-corrected chi connectivity index (χ2v) is 13.7. The maximum atomic E-state index is 8.67. The smallest absolute Gasteiger partial charge is 0.164 e. The maximum absolute atomic E-state index is 8.67. The van der Waals surface area contributed by atoms with Gasteiger partial charge in [-0.3, -0.25) is 0 Å². The van der Waals surface area contributed by atoms with Gasteiger partial charge in [0, 0.05) is 49.3 Å². The number of hydrogen-bond acceptors (Lipinski definition) is 4. The summed E-state index contributed by atoms with van der Waals surface area (Å²) in [5.41, 5.74) is 8.73. The van der Waals surface area contributed by atoms with Gasteiger partial charge in [-0.25, -0.2) is 15.0 Å². The third-order valence-electron chi connectivity index (χ3n) is 10.4. The second kappa shape index (κ2) is 11.1. The zero-order valence-electron chi connectivity index (χ0n) is 38.4. The van der Waals surface area contributed by atoms with Crippen LogP contribution < -0.4 is 0 Å². The summed E-state index contributed by atoms with van der Waals surface area (Å²) in [4.78, 5) is 13.6. The minimum absolute atomic E-state index is 0.0422. The molecule has 250 valence electrons. The Bertz CT molecular complexity index is 3540. The molecule has 0 fully saturated rings. The highest BCUT2D eigenvalue weighted by Gasteiger charge is 2.38. The molecule has 0 saturated carbocycles. The first-order valence-corrected chi connectivity index (χ1v) is 17.2. The van der Waals surface area contributed by atoms with Gasteiger partial charge in [0.1, 0.15) is 11.2 Å². The summed E-state index contributed by atoms with van der Waals surface area (Å²) in [6.45, 7) is 4.58. The first-order chi connectivity index (χ1) is 30.2. The molecular formula is C48H32N4O. The predicted octanol–water partition coefficient (Wildman–Crippen LogP) is 12.2. The molecule has 0 atom stereocenters. The van der Waals surface area contributed by atoms with Crippen LogP contribution in [0.2, 0.25) is 0 Å². The van der Waals surface area contributed by atoms with Crippen molar-refractivity contribution in [3.05, 3.63) is 169 Å². The van der Waals surface area contributed by atoms with Gasteiger partial charge in [-0.15, -0.1) is 0 Å². The molecule has 1 aliphatic rings. The lowest BCUT2D eigenvalue weighted by atomic mass is 9.81. The van der Waals surface area contributed by atoms with Gasteiger partial charge in [-0.1, -0.05) is 135 Å². The van der Waals surface area contributed by atoms with Gasteiger partial charge in [0.15, 0.2) is 17.5 Å². The van der Waals surface area contributed by atoms with Crippen LogP contribution in [0.25, 0.3) is 94.7 Å². The summed E-state index contributed by atoms with van der Waals surface area (Å²) in [5.74, 6) is -0.714. The molecular weight excluding hydrogens is 649 g/mol. The summed E-state index contributed by atoms with van der Waals surface area (Å²) >= 11 is 0. The number of fused-ring (bicyclic) bond motifs is 10. The third kappa shape index (κ3) is 4.40. The molecule has 0 saturated heterocycles. The number of hydrogen-bond donors (Lipinski definition) is 0. The maximum Gasteiger partial charge on any atom is 0.164 e. The topological polar surface area (TPSA) is 56.7 Å². The van der Waals surface area contributed by atoms with Crippen molar-refractivity contribution in [2.75, 3.05) is 0 Å². The first-order valence-electron chi connectivity index (χ1n) is 22.2. The van der Waals surface area contributed by atoms with Crippen molar-refractivity contribution in [1.29, 1.82) is 0 Å². The Balaban J connectivity index is 1.11. The molecule has 11 rings (SSSR count). The van der Waals surface area contributed by atoms with Gasteiger partial charge in [0.05, 0.1) is 24.7 Å². The molecule has 7 aromatic carbocycles. The van der Waals surface area contributed by atoms with Gasteiger partial charge in [-0.2, -0.15) is 0 Å². The Kier molecular flexibility index (Phi) is 4.49. The Labute approximate surface area is 319 Å². The normalized spacial score (nSPS) is 15.9. The number of rotatable bonds is 4. The van der Waals surface area contributed by atoms with Crippen LogP contribution in [0.4, 0.5) is 0 Å². The van der Waals surface area contributed by atoms with Crippen molar-refractivity contribution in [3.63, 3.8) is 0 Å². The molecule has 1 aliphatic carbocycles. The van der Waals surface area contributed by atoms with E-state index in [0.29, 0.717) is 16.7 Å². The van der Waals surface area contributed by atoms with Gasteiger partial charge in [0.2, 0.25) is 0 Å². The zero-order chi connectivity index (χ0) is 44.0. The molecule has 0 aliphatic heterocycles. The van der Waals surface area contributed by atoms with Crippen LogP contribution in [-0.4, -0.2) is 19.5 Å². The Hall–Kier alpha value is -6.85. The largest absolute Gasteiger partial charge is 0.456 e. The lowest BCUT2D eigenvalue weighted by Gasteiger charge is -2.23. The van der Waals surface area contributed by atoms with Gasteiger partial charge in [0.25, 0.3) is 0 Å². The van der Waals surface area contributed by atoms with E-state index in [9.17, 15) is 0 Å². The quantitative estimate of drug-likeness (QED) is 0.184. The third-order valence-corrected chi connectivity index (χ3v) is 10.4. The lowest BCUT2D eigenvalue weighted by Crippen LogP contribution is -2.16. The second-order valence-electron chi connectivity index (χ2n) is 13.7. The van der Waals surface area contributed by atoms with Crippen molar-refractivity contribution in [2.45, 2.75) is 19.3 Å². The van der Waals surface area contributed by atoms with Gasteiger partial charge >= 0.3 is 0 Å². The van der Waals surface area contributed by atoms with E-state index in [1.54, 1.807) is 12.1 Å². The van der Waals surface area contributed by atoms with Crippen LogP contribution in [0, 0.1) is 0 Å². The fourth-order valence-electron chi connectivity index (χ4n) is 8.08. The van der Waals surface area contributed by atoms with E-state index in [1.165, 1.54) is 22.3 Å². The molecule has 0 bridgehead atoms. The fourth-order valence-corrected chi connectivity index (χ4v) is 8.08. The van der Waals surface area contributed by atoms with Crippen molar-refractivity contribution < 1.29 is 18.1 Å². The minimum atomic E-state index is -0.612. The number of para-hydroxylation sites is 1. The number of benzene rings is 7. The van der Waals surface area contributed by atoms with Gasteiger partial charge < -0.3 is 8.98 Å². The zero-order valence-corrected chi connectivity index (χ0v) is 28.4.